The lowest BCUT2D eigenvalue weighted by Gasteiger charge is -2.06. The third-order valence-electron chi connectivity index (χ3n) is 4.88. The van der Waals surface area contributed by atoms with E-state index in [1.165, 1.54) is 0 Å². The number of carbonyl (C=O) groups excluding carboxylic acids is 2. The van der Waals surface area contributed by atoms with Crippen LogP contribution in [0.15, 0.2) is 54.9 Å². The Labute approximate surface area is 173 Å². The quantitative estimate of drug-likeness (QED) is 0.626. The molecule has 1 aliphatic heterocycles. The molecule has 0 aliphatic carbocycles. The van der Waals surface area contributed by atoms with Crippen molar-refractivity contribution in [3.63, 3.8) is 0 Å². The molecule has 0 unspecified atom stereocenters. The van der Waals surface area contributed by atoms with Gasteiger partial charge in [0.25, 0.3) is 0 Å². The van der Waals surface area contributed by atoms with Gasteiger partial charge in [-0.05, 0) is 54.3 Å². The van der Waals surface area contributed by atoms with E-state index in [4.69, 9.17) is 11.6 Å². The molecule has 1 aliphatic rings. The van der Waals surface area contributed by atoms with E-state index < -0.39 is 0 Å². The van der Waals surface area contributed by atoms with Crippen LogP contribution in [0.4, 0.5) is 5.69 Å². The summed E-state index contributed by atoms with van der Waals surface area (Å²) in [6, 6.07) is 13.4. The van der Waals surface area contributed by atoms with E-state index >= 15 is 0 Å². The molecule has 2 amide bonds. The van der Waals surface area contributed by atoms with Crippen molar-refractivity contribution >= 4 is 29.1 Å². The number of carbonyl (C=O) groups is 2. The van der Waals surface area contributed by atoms with Crippen molar-refractivity contribution in [2.75, 3.05) is 5.32 Å². The number of hydrogen-bond acceptors (Lipinski definition) is 3. The summed E-state index contributed by atoms with van der Waals surface area (Å²) in [5, 5.41) is 10.8. The van der Waals surface area contributed by atoms with Crippen LogP contribution in [0.25, 0.3) is 5.69 Å². The van der Waals surface area contributed by atoms with Crippen molar-refractivity contribution in [2.45, 2.75) is 32.2 Å². The zero-order chi connectivity index (χ0) is 20.2. The average molecular weight is 409 g/mol. The molecular weight excluding hydrogens is 388 g/mol. The molecule has 0 saturated carbocycles. The second-order valence-electron chi connectivity index (χ2n) is 7.12. The highest BCUT2D eigenvalue weighted by Gasteiger charge is 2.17. The third kappa shape index (κ3) is 4.84. The Bertz CT molecular complexity index is 1040. The standard InChI is InChI=1S/C22H21ClN4O2/c23-18-5-7-19(8-6-18)27-14-16(13-25-27)12-24-21(28)3-1-2-15-4-9-20-17(10-15)11-22(29)26-20/h4-10,13-14H,1-3,11-12H2,(H,24,28)(H,26,29). The zero-order valence-corrected chi connectivity index (χ0v) is 16.6. The van der Waals surface area contributed by atoms with Crippen LogP contribution >= 0.6 is 11.6 Å². The number of anilines is 1. The average Bonchev–Trinajstić information content (AvgIpc) is 3.32. The van der Waals surface area contributed by atoms with Crippen LogP contribution in [0.1, 0.15) is 29.5 Å². The molecule has 0 spiro atoms. The molecule has 1 aromatic heterocycles. The molecule has 0 atom stereocenters. The first-order valence-electron chi connectivity index (χ1n) is 9.55. The SMILES string of the molecule is O=C(CCCc1ccc2c(c1)CC(=O)N2)NCc1cnn(-c2ccc(Cl)cc2)c1. The van der Waals surface area contributed by atoms with Gasteiger partial charge in [-0.3, -0.25) is 9.59 Å². The van der Waals surface area contributed by atoms with Crippen LogP contribution in [0, 0.1) is 0 Å². The smallest absolute Gasteiger partial charge is 0.228 e. The van der Waals surface area contributed by atoms with Crippen LogP contribution in [0.2, 0.25) is 5.02 Å². The Kier molecular flexibility index (Phi) is 5.62. The van der Waals surface area contributed by atoms with E-state index in [2.05, 4.69) is 21.8 Å². The lowest BCUT2D eigenvalue weighted by molar-refractivity contribution is -0.121. The molecule has 0 fully saturated rings. The number of nitrogens with one attached hydrogen (secondary N) is 2. The van der Waals surface area contributed by atoms with Crippen LogP contribution < -0.4 is 10.6 Å². The molecule has 6 nitrogen and oxygen atoms in total. The Morgan fingerprint density at radius 3 is 2.83 bits per heavy atom. The predicted octanol–water partition coefficient (Wildman–Crippen LogP) is 3.66. The molecule has 7 heteroatoms. The topological polar surface area (TPSA) is 76.0 Å². The minimum atomic E-state index is 0.0160. The Morgan fingerprint density at radius 1 is 1.17 bits per heavy atom. The van der Waals surface area contributed by atoms with E-state index in [9.17, 15) is 9.59 Å². The fourth-order valence-electron chi connectivity index (χ4n) is 3.37. The van der Waals surface area contributed by atoms with Gasteiger partial charge in [0.05, 0.1) is 18.3 Å². The number of benzene rings is 2. The van der Waals surface area contributed by atoms with Crippen molar-refractivity contribution in [1.29, 1.82) is 0 Å². The van der Waals surface area contributed by atoms with Gasteiger partial charge in [-0.15, -0.1) is 0 Å². The fourth-order valence-corrected chi connectivity index (χ4v) is 3.49. The summed E-state index contributed by atoms with van der Waals surface area (Å²) < 4.78 is 1.76. The largest absolute Gasteiger partial charge is 0.352 e. The highest BCUT2D eigenvalue weighted by Crippen LogP contribution is 2.24. The van der Waals surface area contributed by atoms with Crippen molar-refractivity contribution in [2.24, 2.45) is 0 Å². The second kappa shape index (κ2) is 8.49. The van der Waals surface area contributed by atoms with Gasteiger partial charge in [0, 0.05) is 35.4 Å². The lowest BCUT2D eigenvalue weighted by atomic mass is 10.0. The number of nitrogens with zero attached hydrogens (tertiary/aromatic N) is 2. The molecule has 0 bridgehead atoms. The second-order valence-corrected chi connectivity index (χ2v) is 7.55. The third-order valence-corrected chi connectivity index (χ3v) is 5.13. The first-order chi connectivity index (χ1) is 14.1. The summed E-state index contributed by atoms with van der Waals surface area (Å²) >= 11 is 5.91. The molecule has 148 valence electrons. The number of rotatable bonds is 7. The van der Waals surface area contributed by atoms with Gasteiger partial charge in [0.1, 0.15) is 0 Å². The number of hydrogen-bond donors (Lipinski definition) is 2. The van der Waals surface area contributed by atoms with Crippen molar-refractivity contribution in [1.82, 2.24) is 15.1 Å². The number of amides is 2. The van der Waals surface area contributed by atoms with Gasteiger partial charge in [-0.25, -0.2) is 4.68 Å². The molecule has 3 aromatic rings. The van der Waals surface area contributed by atoms with Crippen LogP contribution in [0.3, 0.4) is 0 Å². The molecule has 4 rings (SSSR count). The minimum Gasteiger partial charge on any atom is -0.352 e. The van der Waals surface area contributed by atoms with E-state index in [1.54, 1.807) is 10.9 Å². The maximum atomic E-state index is 12.1. The van der Waals surface area contributed by atoms with Gasteiger partial charge in [0.15, 0.2) is 0 Å². The van der Waals surface area contributed by atoms with Gasteiger partial charge in [0.2, 0.25) is 11.8 Å². The molecule has 29 heavy (non-hydrogen) atoms. The Morgan fingerprint density at radius 2 is 2.00 bits per heavy atom. The normalized spacial score (nSPS) is 12.5. The monoisotopic (exact) mass is 408 g/mol. The maximum Gasteiger partial charge on any atom is 0.228 e. The van der Waals surface area contributed by atoms with Crippen molar-refractivity contribution < 1.29 is 9.59 Å². The Hall–Kier alpha value is -3.12. The lowest BCUT2D eigenvalue weighted by Crippen LogP contribution is -2.22. The molecule has 2 aromatic carbocycles. The van der Waals surface area contributed by atoms with Gasteiger partial charge < -0.3 is 10.6 Å². The number of halogens is 1. The summed E-state index contributed by atoms with van der Waals surface area (Å²) in [4.78, 5) is 23.6. The summed E-state index contributed by atoms with van der Waals surface area (Å²) in [6.45, 7) is 0.444. The van der Waals surface area contributed by atoms with Gasteiger partial charge in [-0.1, -0.05) is 23.7 Å². The Balaban J connectivity index is 1.22. The zero-order valence-electron chi connectivity index (χ0n) is 15.8. The fraction of sp³-hybridized carbons (Fsp3) is 0.227. The number of aryl methyl sites for hydroxylation is 1. The minimum absolute atomic E-state index is 0.0160. The van der Waals surface area contributed by atoms with Crippen LogP contribution in [0.5, 0.6) is 0 Å². The van der Waals surface area contributed by atoms with Crippen LogP contribution in [-0.2, 0) is 29.0 Å². The van der Waals surface area contributed by atoms with Crippen molar-refractivity contribution in [3.8, 4) is 5.69 Å². The van der Waals surface area contributed by atoms with Gasteiger partial charge >= 0.3 is 0 Å². The van der Waals surface area contributed by atoms with Gasteiger partial charge in [-0.2, -0.15) is 5.10 Å². The summed E-state index contributed by atoms with van der Waals surface area (Å²) in [7, 11) is 0. The summed E-state index contributed by atoms with van der Waals surface area (Å²) in [5.74, 6) is 0.0539. The molecular formula is C22H21ClN4O2. The number of aromatic nitrogens is 2. The molecule has 2 N–H and O–H groups in total. The first-order valence-corrected chi connectivity index (χ1v) is 9.92. The molecule has 0 radical (unpaired) electrons. The van der Waals surface area contributed by atoms with Crippen LogP contribution in [-0.4, -0.2) is 21.6 Å². The molecule has 2 heterocycles. The highest BCUT2D eigenvalue weighted by molar-refractivity contribution is 6.30. The first kappa shape index (κ1) is 19.2. The van der Waals surface area contributed by atoms with E-state index in [0.717, 1.165) is 40.9 Å². The summed E-state index contributed by atoms with van der Waals surface area (Å²) in [5.41, 5.74) is 4.94. The summed E-state index contributed by atoms with van der Waals surface area (Å²) in [6.07, 6.45) is 6.10. The van der Waals surface area contributed by atoms with E-state index in [0.29, 0.717) is 24.4 Å². The predicted molar refractivity (Wildman–Crippen MR) is 112 cm³/mol. The van der Waals surface area contributed by atoms with E-state index in [-0.39, 0.29) is 11.8 Å². The van der Waals surface area contributed by atoms with Crippen molar-refractivity contribution in [3.05, 3.63) is 76.6 Å². The maximum absolute atomic E-state index is 12.1. The molecule has 0 saturated heterocycles. The van der Waals surface area contributed by atoms with E-state index in [1.807, 2.05) is 42.6 Å². The highest BCUT2D eigenvalue weighted by atomic mass is 35.5. The number of fused-ring (bicyclic) bond motifs is 1.